The predicted octanol–water partition coefficient (Wildman–Crippen LogP) is 3.40. The molecule has 2 fully saturated rings. The predicted molar refractivity (Wildman–Crippen MR) is 65.5 cm³/mol. The number of hydrogen-bond acceptors (Lipinski definition) is 2. The normalized spacial score (nSPS) is 39.2. The fourth-order valence-corrected chi connectivity index (χ4v) is 2.84. The molecule has 4 atom stereocenters. The van der Waals surface area contributed by atoms with Crippen LogP contribution in [0.15, 0.2) is 0 Å². The summed E-state index contributed by atoms with van der Waals surface area (Å²) in [6, 6.07) is 0. The fourth-order valence-electron chi connectivity index (χ4n) is 2.84. The van der Waals surface area contributed by atoms with Crippen LogP contribution in [0.25, 0.3) is 0 Å². The van der Waals surface area contributed by atoms with E-state index in [-0.39, 0.29) is 5.60 Å². The van der Waals surface area contributed by atoms with Gasteiger partial charge in [-0.25, -0.2) is 0 Å². The van der Waals surface area contributed by atoms with Gasteiger partial charge < -0.3 is 9.47 Å². The molecule has 0 bridgehead atoms. The lowest BCUT2D eigenvalue weighted by molar-refractivity contribution is 0.0733. The SMILES string of the molecule is CCCCOCC(C)C1CCC2(C)OC2C1. The zero-order chi connectivity index (χ0) is 11.6. The lowest BCUT2D eigenvalue weighted by atomic mass is 9.77. The van der Waals surface area contributed by atoms with Crippen LogP contribution in [0.5, 0.6) is 0 Å². The molecule has 1 saturated heterocycles. The molecule has 2 nitrogen and oxygen atoms in total. The minimum absolute atomic E-state index is 0.263. The Kier molecular flexibility index (Phi) is 3.91. The third-order valence-electron chi connectivity index (χ3n) is 4.39. The summed E-state index contributed by atoms with van der Waals surface area (Å²) in [5, 5.41) is 0. The Balaban J connectivity index is 1.64. The van der Waals surface area contributed by atoms with E-state index in [9.17, 15) is 0 Å². The molecule has 0 aromatic heterocycles. The zero-order valence-corrected chi connectivity index (χ0v) is 11.0. The Hall–Kier alpha value is -0.0800. The van der Waals surface area contributed by atoms with Crippen molar-refractivity contribution in [3.8, 4) is 0 Å². The number of fused-ring (bicyclic) bond motifs is 1. The minimum atomic E-state index is 0.263. The van der Waals surface area contributed by atoms with Crippen LogP contribution >= 0.6 is 0 Å². The highest BCUT2D eigenvalue weighted by atomic mass is 16.6. The van der Waals surface area contributed by atoms with E-state index in [0.29, 0.717) is 12.0 Å². The van der Waals surface area contributed by atoms with E-state index in [0.717, 1.165) is 19.1 Å². The van der Waals surface area contributed by atoms with Gasteiger partial charge in [0.15, 0.2) is 0 Å². The van der Waals surface area contributed by atoms with Gasteiger partial charge in [0, 0.05) is 13.2 Å². The van der Waals surface area contributed by atoms with Crippen molar-refractivity contribution < 1.29 is 9.47 Å². The molecule has 1 heterocycles. The first-order valence-electron chi connectivity index (χ1n) is 6.91. The summed E-state index contributed by atoms with van der Waals surface area (Å²) in [4.78, 5) is 0. The molecule has 1 aliphatic carbocycles. The summed E-state index contributed by atoms with van der Waals surface area (Å²) in [7, 11) is 0. The van der Waals surface area contributed by atoms with Crippen molar-refractivity contribution in [3.05, 3.63) is 0 Å². The van der Waals surface area contributed by atoms with Gasteiger partial charge in [-0.1, -0.05) is 20.3 Å². The molecule has 0 radical (unpaired) electrons. The third-order valence-corrected chi connectivity index (χ3v) is 4.39. The molecule has 94 valence electrons. The van der Waals surface area contributed by atoms with E-state index < -0.39 is 0 Å². The summed E-state index contributed by atoms with van der Waals surface area (Å²) in [5.41, 5.74) is 0.263. The van der Waals surface area contributed by atoms with Gasteiger partial charge in [0.05, 0.1) is 11.7 Å². The van der Waals surface area contributed by atoms with Crippen molar-refractivity contribution in [1.82, 2.24) is 0 Å². The monoisotopic (exact) mass is 226 g/mol. The minimum Gasteiger partial charge on any atom is -0.381 e. The molecule has 16 heavy (non-hydrogen) atoms. The molecule has 0 spiro atoms. The molecule has 0 aromatic carbocycles. The summed E-state index contributed by atoms with van der Waals surface area (Å²) < 4.78 is 11.5. The van der Waals surface area contributed by atoms with Crippen molar-refractivity contribution in [2.24, 2.45) is 11.8 Å². The molecule has 2 heteroatoms. The Morgan fingerprint density at radius 1 is 1.50 bits per heavy atom. The standard InChI is InChI=1S/C14H26O2/c1-4-5-8-15-10-11(2)12-6-7-14(3)13(9-12)16-14/h11-13H,4-10H2,1-3H3. The van der Waals surface area contributed by atoms with Gasteiger partial charge in [-0.05, 0) is 44.4 Å². The lowest BCUT2D eigenvalue weighted by Gasteiger charge is -2.27. The summed E-state index contributed by atoms with van der Waals surface area (Å²) in [5.74, 6) is 1.52. The van der Waals surface area contributed by atoms with E-state index in [4.69, 9.17) is 9.47 Å². The fraction of sp³-hybridized carbons (Fsp3) is 1.00. The van der Waals surface area contributed by atoms with Gasteiger partial charge in [-0.3, -0.25) is 0 Å². The van der Waals surface area contributed by atoms with Gasteiger partial charge >= 0.3 is 0 Å². The van der Waals surface area contributed by atoms with Crippen molar-refractivity contribution >= 4 is 0 Å². The van der Waals surface area contributed by atoms with Crippen LogP contribution < -0.4 is 0 Å². The van der Waals surface area contributed by atoms with Crippen LogP contribution in [-0.4, -0.2) is 24.9 Å². The third kappa shape index (κ3) is 2.78. The van der Waals surface area contributed by atoms with E-state index in [1.165, 1.54) is 32.1 Å². The topological polar surface area (TPSA) is 21.8 Å². The Labute approximate surface area is 99.7 Å². The maximum absolute atomic E-state index is 5.75. The largest absolute Gasteiger partial charge is 0.381 e. The molecule has 2 aliphatic rings. The molecular formula is C14H26O2. The quantitative estimate of drug-likeness (QED) is 0.511. The Morgan fingerprint density at radius 2 is 2.31 bits per heavy atom. The maximum atomic E-state index is 5.75. The highest BCUT2D eigenvalue weighted by Gasteiger charge is 2.55. The molecule has 0 amide bonds. The second-order valence-corrected chi connectivity index (χ2v) is 5.86. The first kappa shape index (κ1) is 12.4. The van der Waals surface area contributed by atoms with Gasteiger partial charge in [-0.15, -0.1) is 0 Å². The van der Waals surface area contributed by atoms with Crippen LogP contribution in [0, 0.1) is 11.8 Å². The molecule has 4 unspecified atom stereocenters. The molecule has 1 saturated carbocycles. The van der Waals surface area contributed by atoms with E-state index in [1.54, 1.807) is 0 Å². The van der Waals surface area contributed by atoms with Crippen molar-refractivity contribution in [1.29, 1.82) is 0 Å². The molecule has 1 aliphatic heterocycles. The Morgan fingerprint density at radius 3 is 3.00 bits per heavy atom. The van der Waals surface area contributed by atoms with E-state index >= 15 is 0 Å². The summed E-state index contributed by atoms with van der Waals surface area (Å²) in [6.07, 6.45) is 6.82. The highest BCUT2D eigenvalue weighted by Crippen LogP contribution is 2.50. The van der Waals surface area contributed by atoms with E-state index in [1.807, 2.05) is 0 Å². The van der Waals surface area contributed by atoms with Crippen LogP contribution in [0.4, 0.5) is 0 Å². The molecular weight excluding hydrogens is 200 g/mol. The Bertz CT molecular complexity index is 229. The number of unbranched alkanes of at least 4 members (excludes halogenated alkanes) is 1. The van der Waals surface area contributed by atoms with Gasteiger partial charge in [0.2, 0.25) is 0 Å². The number of rotatable bonds is 6. The van der Waals surface area contributed by atoms with Crippen LogP contribution in [0.1, 0.15) is 52.9 Å². The molecule has 0 N–H and O–H groups in total. The lowest BCUT2D eigenvalue weighted by Crippen LogP contribution is -2.27. The number of ether oxygens (including phenoxy) is 2. The average molecular weight is 226 g/mol. The van der Waals surface area contributed by atoms with Crippen molar-refractivity contribution in [3.63, 3.8) is 0 Å². The molecule has 2 rings (SSSR count). The number of epoxide rings is 1. The molecule has 0 aromatic rings. The van der Waals surface area contributed by atoms with Gasteiger partial charge in [0.25, 0.3) is 0 Å². The van der Waals surface area contributed by atoms with Crippen molar-refractivity contribution in [2.75, 3.05) is 13.2 Å². The smallest absolute Gasteiger partial charge is 0.0920 e. The zero-order valence-electron chi connectivity index (χ0n) is 11.0. The van der Waals surface area contributed by atoms with Crippen LogP contribution in [0.2, 0.25) is 0 Å². The van der Waals surface area contributed by atoms with Crippen LogP contribution in [0.3, 0.4) is 0 Å². The highest BCUT2D eigenvalue weighted by molar-refractivity contribution is 5.03. The van der Waals surface area contributed by atoms with Gasteiger partial charge in [0.1, 0.15) is 0 Å². The second kappa shape index (κ2) is 5.05. The first-order chi connectivity index (χ1) is 7.65. The first-order valence-corrected chi connectivity index (χ1v) is 6.91. The van der Waals surface area contributed by atoms with Crippen molar-refractivity contribution in [2.45, 2.75) is 64.6 Å². The number of hydrogen-bond donors (Lipinski definition) is 0. The average Bonchev–Trinajstić information content (AvgIpc) is 2.94. The van der Waals surface area contributed by atoms with Gasteiger partial charge in [-0.2, -0.15) is 0 Å². The second-order valence-electron chi connectivity index (χ2n) is 5.86. The van der Waals surface area contributed by atoms with E-state index in [2.05, 4.69) is 20.8 Å². The summed E-state index contributed by atoms with van der Waals surface area (Å²) in [6.45, 7) is 8.68. The maximum Gasteiger partial charge on any atom is 0.0920 e. The van der Waals surface area contributed by atoms with Crippen LogP contribution in [-0.2, 0) is 9.47 Å². The summed E-state index contributed by atoms with van der Waals surface area (Å²) >= 11 is 0.